The lowest BCUT2D eigenvalue weighted by molar-refractivity contribution is -0.135. The molecule has 0 atom stereocenters. The van der Waals surface area contributed by atoms with Crippen LogP contribution in [0, 0.1) is 0 Å². The normalized spacial score (nSPS) is 19.1. The summed E-state index contributed by atoms with van der Waals surface area (Å²) in [5, 5.41) is 0. The lowest BCUT2D eigenvalue weighted by Crippen LogP contribution is -2.58. The summed E-state index contributed by atoms with van der Waals surface area (Å²) in [6.07, 6.45) is 0.330. The molecule has 21 heavy (non-hydrogen) atoms. The number of aromatic nitrogens is 1. The van der Waals surface area contributed by atoms with Gasteiger partial charge in [0.2, 0.25) is 0 Å². The fraction of sp³-hybridized carbons (Fsp3) is 0.533. The molecule has 0 radical (unpaired) electrons. The number of nitrogens with zero attached hydrogens (tertiary/aromatic N) is 2. The summed E-state index contributed by atoms with van der Waals surface area (Å²) >= 11 is 0. The molecule has 1 aromatic rings. The van der Waals surface area contributed by atoms with Crippen molar-refractivity contribution in [1.82, 2.24) is 9.88 Å². The van der Waals surface area contributed by atoms with E-state index >= 15 is 0 Å². The van der Waals surface area contributed by atoms with E-state index in [2.05, 4.69) is 4.98 Å². The number of fused-ring (bicyclic) bond motifs is 2. The highest BCUT2D eigenvalue weighted by molar-refractivity contribution is 5.74. The lowest BCUT2D eigenvalue weighted by atomic mass is 9.89. The molecule has 0 aliphatic carbocycles. The third-order valence-corrected chi connectivity index (χ3v) is 3.74. The van der Waals surface area contributed by atoms with Crippen LogP contribution in [0.15, 0.2) is 12.1 Å². The average Bonchev–Trinajstić information content (AvgIpc) is 2.70. The van der Waals surface area contributed by atoms with Crippen LogP contribution in [0.25, 0.3) is 0 Å². The fourth-order valence-electron chi connectivity index (χ4n) is 2.74. The van der Waals surface area contributed by atoms with Crippen LogP contribution in [0.1, 0.15) is 42.5 Å². The first-order valence-corrected chi connectivity index (χ1v) is 6.90. The number of carbonyl (C=O) groups is 2. The van der Waals surface area contributed by atoms with Crippen LogP contribution in [-0.2, 0) is 21.6 Å². The number of hydrogen-bond acceptors (Lipinski definition) is 5. The summed E-state index contributed by atoms with van der Waals surface area (Å²) in [7, 11) is 0. The Bertz CT molecular complexity index is 602. The van der Waals surface area contributed by atoms with Gasteiger partial charge in [-0.05, 0) is 26.8 Å². The quantitative estimate of drug-likeness (QED) is 0.739. The summed E-state index contributed by atoms with van der Waals surface area (Å²) in [6.45, 7) is 6.71. The maximum Gasteiger partial charge on any atom is 0.411 e. The molecule has 1 fully saturated rings. The van der Waals surface area contributed by atoms with Gasteiger partial charge in [0, 0.05) is 5.56 Å². The third-order valence-electron chi connectivity index (χ3n) is 3.74. The summed E-state index contributed by atoms with van der Waals surface area (Å²) in [6, 6.07) is 3.53. The number of hydrogen-bond donors (Lipinski definition) is 0. The van der Waals surface area contributed by atoms with Gasteiger partial charge in [-0.2, -0.15) is 0 Å². The van der Waals surface area contributed by atoms with E-state index < -0.39 is 11.1 Å². The minimum absolute atomic E-state index is 0.343. The Morgan fingerprint density at radius 3 is 2.67 bits per heavy atom. The van der Waals surface area contributed by atoms with Crippen LogP contribution in [0.2, 0.25) is 0 Å². The van der Waals surface area contributed by atoms with E-state index in [9.17, 15) is 9.59 Å². The topological polar surface area (TPSA) is 68.7 Å². The molecule has 0 saturated carbocycles. The molecule has 6 nitrogen and oxygen atoms in total. The van der Waals surface area contributed by atoms with E-state index in [1.165, 1.54) is 0 Å². The Kier molecular flexibility index (Phi) is 3.02. The van der Waals surface area contributed by atoms with Crippen molar-refractivity contribution in [2.75, 3.05) is 13.2 Å². The molecular weight excluding hydrogens is 272 g/mol. The highest BCUT2D eigenvalue weighted by Gasteiger charge is 2.54. The molecule has 3 rings (SSSR count). The van der Waals surface area contributed by atoms with Gasteiger partial charge in [-0.3, -0.25) is 9.69 Å². The van der Waals surface area contributed by atoms with Gasteiger partial charge >= 0.3 is 6.09 Å². The maximum atomic E-state index is 12.4. The van der Waals surface area contributed by atoms with E-state index in [0.717, 1.165) is 11.3 Å². The van der Waals surface area contributed by atoms with Crippen LogP contribution in [-0.4, -0.2) is 41.1 Å². The highest BCUT2D eigenvalue weighted by Crippen LogP contribution is 2.44. The van der Waals surface area contributed by atoms with Gasteiger partial charge < -0.3 is 9.47 Å². The highest BCUT2D eigenvalue weighted by atomic mass is 16.6. The molecule has 1 spiro atoms. The summed E-state index contributed by atoms with van der Waals surface area (Å²) in [5.74, 6) is 0. The SMILES string of the molecule is CC(C)(C)OC(=O)N1Cc2nc(C=O)ccc2C12COC2. The molecular formula is C15H18N2O4. The number of amides is 1. The largest absolute Gasteiger partial charge is 0.444 e. The molecule has 1 saturated heterocycles. The van der Waals surface area contributed by atoms with Gasteiger partial charge in [0.05, 0.1) is 25.5 Å². The lowest BCUT2D eigenvalue weighted by Gasteiger charge is -2.45. The fourth-order valence-corrected chi connectivity index (χ4v) is 2.74. The number of carbonyl (C=O) groups excluding carboxylic acids is 2. The van der Waals surface area contributed by atoms with Gasteiger partial charge in [-0.1, -0.05) is 6.07 Å². The zero-order chi connectivity index (χ0) is 15.3. The van der Waals surface area contributed by atoms with Crippen LogP contribution >= 0.6 is 0 Å². The van der Waals surface area contributed by atoms with Gasteiger partial charge in [-0.15, -0.1) is 0 Å². The van der Waals surface area contributed by atoms with Crippen LogP contribution in [0.4, 0.5) is 4.79 Å². The second-order valence-electron chi connectivity index (χ2n) is 6.44. The zero-order valence-corrected chi connectivity index (χ0v) is 12.4. The maximum absolute atomic E-state index is 12.4. The van der Waals surface area contributed by atoms with Crippen LogP contribution in [0.5, 0.6) is 0 Å². The first-order chi connectivity index (χ1) is 9.86. The van der Waals surface area contributed by atoms with Gasteiger partial charge in [-0.25, -0.2) is 9.78 Å². The van der Waals surface area contributed by atoms with E-state index in [-0.39, 0.29) is 6.09 Å². The van der Waals surface area contributed by atoms with E-state index in [1.54, 1.807) is 11.0 Å². The van der Waals surface area contributed by atoms with Crippen molar-refractivity contribution in [2.24, 2.45) is 0 Å². The summed E-state index contributed by atoms with van der Waals surface area (Å²) in [5.41, 5.74) is 1.01. The van der Waals surface area contributed by atoms with Crippen molar-refractivity contribution in [3.8, 4) is 0 Å². The van der Waals surface area contributed by atoms with Crippen molar-refractivity contribution < 1.29 is 19.1 Å². The molecule has 2 aliphatic rings. The Hall–Kier alpha value is -1.95. The molecule has 0 aromatic carbocycles. The average molecular weight is 290 g/mol. The first kappa shape index (κ1) is 14.0. The monoisotopic (exact) mass is 290 g/mol. The van der Waals surface area contributed by atoms with Crippen molar-refractivity contribution in [3.63, 3.8) is 0 Å². The Labute approximate surface area is 123 Å². The Morgan fingerprint density at radius 2 is 2.14 bits per heavy atom. The second kappa shape index (κ2) is 4.53. The van der Waals surface area contributed by atoms with Crippen LogP contribution in [0.3, 0.4) is 0 Å². The van der Waals surface area contributed by atoms with E-state index in [1.807, 2.05) is 26.8 Å². The Balaban J connectivity index is 1.94. The first-order valence-electron chi connectivity index (χ1n) is 6.90. The summed E-state index contributed by atoms with van der Waals surface area (Å²) in [4.78, 5) is 29.3. The number of rotatable bonds is 1. The molecule has 1 aromatic heterocycles. The van der Waals surface area contributed by atoms with Crippen LogP contribution < -0.4 is 0 Å². The molecule has 0 N–H and O–H groups in total. The molecule has 0 bridgehead atoms. The molecule has 3 heterocycles. The molecule has 1 amide bonds. The Morgan fingerprint density at radius 1 is 1.43 bits per heavy atom. The molecule has 0 unspecified atom stereocenters. The minimum Gasteiger partial charge on any atom is -0.444 e. The molecule has 2 aliphatic heterocycles. The van der Waals surface area contributed by atoms with E-state index in [0.29, 0.717) is 31.7 Å². The van der Waals surface area contributed by atoms with E-state index in [4.69, 9.17) is 9.47 Å². The smallest absolute Gasteiger partial charge is 0.411 e. The molecule has 6 heteroatoms. The van der Waals surface area contributed by atoms with Crippen molar-refractivity contribution in [2.45, 2.75) is 38.5 Å². The van der Waals surface area contributed by atoms with Gasteiger partial charge in [0.25, 0.3) is 0 Å². The van der Waals surface area contributed by atoms with Gasteiger partial charge in [0.1, 0.15) is 16.8 Å². The standard InChI is InChI=1S/C15H18N2O4/c1-14(2,3)21-13(19)17-6-12-11(15(17)8-20-9-15)5-4-10(7-18)16-12/h4-5,7H,6,8-9H2,1-3H3. The van der Waals surface area contributed by atoms with Crippen molar-refractivity contribution in [3.05, 3.63) is 29.1 Å². The number of pyridine rings is 1. The van der Waals surface area contributed by atoms with Gasteiger partial charge in [0.15, 0.2) is 6.29 Å². The second-order valence-corrected chi connectivity index (χ2v) is 6.44. The zero-order valence-electron chi connectivity index (χ0n) is 12.4. The molecule has 112 valence electrons. The number of ether oxygens (including phenoxy) is 2. The van der Waals surface area contributed by atoms with Crippen molar-refractivity contribution in [1.29, 1.82) is 0 Å². The van der Waals surface area contributed by atoms with Crippen molar-refractivity contribution >= 4 is 12.4 Å². The predicted molar refractivity (Wildman–Crippen MR) is 73.9 cm³/mol. The third kappa shape index (κ3) is 2.19. The summed E-state index contributed by atoms with van der Waals surface area (Å²) < 4.78 is 10.8. The predicted octanol–water partition coefficient (Wildman–Crippen LogP) is 1.87. The number of aldehydes is 1. The minimum atomic E-state index is -0.557.